The van der Waals surface area contributed by atoms with E-state index in [1.54, 1.807) is 17.9 Å². The van der Waals surface area contributed by atoms with E-state index in [1.165, 1.54) is 23.9 Å². The minimum Gasteiger partial charge on any atom is -0.431 e. The van der Waals surface area contributed by atoms with Gasteiger partial charge in [-0.1, -0.05) is 18.7 Å². The molecular formula is C17H22N2O5S2. The Morgan fingerprint density at radius 3 is 2.65 bits per heavy atom. The Morgan fingerprint density at radius 2 is 2.00 bits per heavy atom. The fraction of sp³-hybridized carbons (Fsp3) is 0.529. The molecule has 0 radical (unpaired) electrons. The van der Waals surface area contributed by atoms with Crippen molar-refractivity contribution < 1.29 is 22.4 Å². The highest BCUT2D eigenvalue weighted by molar-refractivity contribution is 7.99. The number of nitrogens with zero attached hydrogens (tertiary/aromatic N) is 2. The standard InChI is InChI=1S/C17H22N2O5S2/c1-4-26(21,22)13-5-6-15-14(7-13)18-17(24-15)25-10-16(20)19-8-11(2)23-12(3)9-19/h5-7,11-12H,4,8-10H2,1-3H3/t11-,12-/m1/s1. The molecule has 26 heavy (non-hydrogen) atoms. The third-order valence-electron chi connectivity index (χ3n) is 4.17. The van der Waals surface area contributed by atoms with Crippen molar-refractivity contribution in [3.63, 3.8) is 0 Å². The van der Waals surface area contributed by atoms with Gasteiger partial charge in [0.15, 0.2) is 15.4 Å². The van der Waals surface area contributed by atoms with Crippen molar-refractivity contribution in [1.82, 2.24) is 9.88 Å². The van der Waals surface area contributed by atoms with Crippen molar-refractivity contribution >= 4 is 38.6 Å². The van der Waals surface area contributed by atoms with E-state index < -0.39 is 9.84 Å². The highest BCUT2D eigenvalue weighted by Crippen LogP contribution is 2.26. The van der Waals surface area contributed by atoms with Crippen LogP contribution in [0.2, 0.25) is 0 Å². The summed E-state index contributed by atoms with van der Waals surface area (Å²) in [6.45, 7) is 6.66. The first-order chi connectivity index (χ1) is 12.3. The number of amides is 1. The average molecular weight is 399 g/mol. The molecule has 0 spiro atoms. The summed E-state index contributed by atoms with van der Waals surface area (Å²) in [6.07, 6.45) is 0.0481. The Balaban J connectivity index is 1.68. The Hall–Kier alpha value is -1.58. The van der Waals surface area contributed by atoms with Crippen LogP contribution in [0.25, 0.3) is 11.1 Å². The zero-order valence-corrected chi connectivity index (χ0v) is 16.6. The predicted octanol–water partition coefficient (Wildman–Crippen LogP) is 2.35. The van der Waals surface area contributed by atoms with Crippen LogP contribution >= 0.6 is 11.8 Å². The molecule has 0 bridgehead atoms. The van der Waals surface area contributed by atoms with Crippen LogP contribution < -0.4 is 0 Å². The molecule has 0 saturated carbocycles. The van der Waals surface area contributed by atoms with Crippen LogP contribution in [-0.2, 0) is 19.4 Å². The number of sulfone groups is 1. The number of hydrogen-bond donors (Lipinski definition) is 0. The summed E-state index contributed by atoms with van der Waals surface area (Å²) in [4.78, 5) is 18.7. The molecule has 1 aliphatic rings. The highest BCUT2D eigenvalue weighted by Gasteiger charge is 2.26. The Kier molecular flexibility index (Phi) is 5.59. The lowest BCUT2D eigenvalue weighted by Gasteiger charge is -2.35. The molecule has 0 aliphatic carbocycles. The molecule has 1 aromatic carbocycles. The summed E-state index contributed by atoms with van der Waals surface area (Å²) in [7, 11) is -3.29. The first-order valence-electron chi connectivity index (χ1n) is 8.48. The van der Waals surface area contributed by atoms with Gasteiger partial charge in [0.25, 0.3) is 5.22 Å². The van der Waals surface area contributed by atoms with Gasteiger partial charge in [-0.3, -0.25) is 4.79 Å². The van der Waals surface area contributed by atoms with Gasteiger partial charge < -0.3 is 14.1 Å². The second-order valence-electron chi connectivity index (χ2n) is 6.36. The van der Waals surface area contributed by atoms with Gasteiger partial charge in [-0.25, -0.2) is 13.4 Å². The molecule has 2 atom stereocenters. The molecular weight excluding hydrogens is 376 g/mol. The molecule has 2 heterocycles. The largest absolute Gasteiger partial charge is 0.431 e. The second-order valence-corrected chi connectivity index (χ2v) is 9.56. The zero-order valence-electron chi connectivity index (χ0n) is 15.0. The van der Waals surface area contributed by atoms with Gasteiger partial charge in [0, 0.05) is 13.1 Å². The maximum absolute atomic E-state index is 12.4. The Bertz CT molecular complexity index is 899. The van der Waals surface area contributed by atoms with Crippen LogP contribution in [0.5, 0.6) is 0 Å². The van der Waals surface area contributed by atoms with Crippen LogP contribution in [-0.4, -0.2) is 61.0 Å². The summed E-state index contributed by atoms with van der Waals surface area (Å²) in [5, 5.41) is 0.355. The van der Waals surface area contributed by atoms with Gasteiger partial charge >= 0.3 is 0 Å². The number of fused-ring (bicyclic) bond motifs is 1. The molecule has 9 heteroatoms. The Labute approximate surface area is 157 Å². The first kappa shape index (κ1) is 19.2. The van der Waals surface area contributed by atoms with Crippen molar-refractivity contribution in [1.29, 1.82) is 0 Å². The zero-order chi connectivity index (χ0) is 18.9. The monoisotopic (exact) mass is 398 g/mol. The molecule has 0 unspecified atom stereocenters. The van der Waals surface area contributed by atoms with E-state index in [-0.39, 0.29) is 34.5 Å². The number of ether oxygens (including phenoxy) is 1. The van der Waals surface area contributed by atoms with Gasteiger partial charge in [-0.05, 0) is 32.0 Å². The third kappa shape index (κ3) is 4.21. The Morgan fingerprint density at radius 1 is 1.31 bits per heavy atom. The fourth-order valence-electron chi connectivity index (χ4n) is 2.90. The summed E-state index contributed by atoms with van der Waals surface area (Å²) >= 11 is 1.21. The number of thioether (sulfide) groups is 1. The van der Waals surface area contributed by atoms with Gasteiger partial charge in [-0.15, -0.1) is 0 Å². The smallest absolute Gasteiger partial charge is 0.257 e. The van der Waals surface area contributed by atoms with Gasteiger partial charge in [0.2, 0.25) is 5.91 Å². The number of carbonyl (C=O) groups excluding carboxylic acids is 1. The van der Waals surface area contributed by atoms with Crippen molar-refractivity contribution in [2.45, 2.75) is 43.1 Å². The molecule has 1 amide bonds. The van der Waals surface area contributed by atoms with Crippen LogP contribution in [0.1, 0.15) is 20.8 Å². The van der Waals surface area contributed by atoms with Crippen molar-refractivity contribution in [2.24, 2.45) is 0 Å². The normalized spacial score (nSPS) is 21.3. The van der Waals surface area contributed by atoms with E-state index in [9.17, 15) is 13.2 Å². The number of morpholine rings is 1. The van der Waals surface area contributed by atoms with E-state index in [0.717, 1.165) is 0 Å². The maximum atomic E-state index is 12.4. The number of carbonyl (C=O) groups is 1. The van der Waals surface area contributed by atoms with Crippen LogP contribution in [0.3, 0.4) is 0 Å². The number of aromatic nitrogens is 1. The van der Waals surface area contributed by atoms with E-state index in [0.29, 0.717) is 29.4 Å². The lowest BCUT2D eigenvalue weighted by atomic mass is 10.2. The maximum Gasteiger partial charge on any atom is 0.257 e. The van der Waals surface area contributed by atoms with E-state index in [2.05, 4.69) is 4.98 Å². The van der Waals surface area contributed by atoms with Crippen molar-refractivity contribution in [2.75, 3.05) is 24.6 Å². The summed E-state index contributed by atoms with van der Waals surface area (Å²) < 4.78 is 35.2. The van der Waals surface area contributed by atoms with Gasteiger partial charge in [0.05, 0.1) is 28.6 Å². The van der Waals surface area contributed by atoms with Crippen molar-refractivity contribution in [3.8, 4) is 0 Å². The van der Waals surface area contributed by atoms with E-state index in [1.807, 2.05) is 13.8 Å². The van der Waals surface area contributed by atoms with Gasteiger partial charge in [-0.2, -0.15) is 0 Å². The summed E-state index contributed by atoms with van der Waals surface area (Å²) in [5.41, 5.74) is 0.978. The second kappa shape index (κ2) is 7.58. The first-order valence-corrected chi connectivity index (χ1v) is 11.1. The topological polar surface area (TPSA) is 89.7 Å². The SMILES string of the molecule is CCS(=O)(=O)c1ccc2oc(SCC(=O)N3C[C@@H](C)O[C@H](C)C3)nc2c1. The third-order valence-corrected chi connectivity index (χ3v) is 6.72. The average Bonchev–Trinajstić information content (AvgIpc) is 3.00. The fourth-order valence-corrected chi connectivity index (χ4v) is 4.55. The molecule has 1 aliphatic heterocycles. The van der Waals surface area contributed by atoms with E-state index >= 15 is 0 Å². The highest BCUT2D eigenvalue weighted by atomic mass is 32.2. The van der Waals surface area contributed by atoms with E-state index in [4.69, 9.17) is 9.15 Å². The lowest BCUT2D eigenvalue weighted by Crippen LogP contribution is -2.48. The quantitative estimate of drug-likeness (QED) is 0.714. The molecule has 1 aromatic heterocycles. The number of oxazole rings is 1. The van der Waals surface area contributed by atoms with Crippen LogP contribution in [0.15, 0.2) is 32.7 Å². The van der Waals surface area contributed by atoms with Crippen LogP contribution in [0, 0.1) is 0 Å². The molecule has 1 fully saturated rings. The van der Waals surface area contributed by atoms with Gasteiger partial charge in [0.1, 0.15) is 5.52 Å². The minimum atomic E-state index is -3.29. The number of hydrogen-bond acceptors (Lipinski definition) is 7. The molecule has 7 nitrogen and oxygen atoms in total. The lowest BCUT2D eigenvalue weighted by molar-refractivity contribution is -0.140. The number of rotatable bonds is 5. The molecule has 2 aromatic rings. The van der Waals surface area contributed by atoms with Crippen LogP contribution in [0.4, 0.5) is 0 Å². The molecule has 1 saturated heterocycles. The van der Waals surface area contributed by atoms with Crippen molar-refractivity contribution in [3.05, 3.63) is 18.2 Å². The molecule has 0 N–H and O–H groups in total. The molecule has 142 valence electrons. The summed E-state index contributed by atoms with van der Waals surface area (Å²) in [6, 6.07) is 4.62. The minimum absolute atomic E-state index is 0.00788. The predicted molar refractivity (Wildman–Crippen MR) is 99.0 cm³/mol. The summed E-state index contributed by atoms with van der Waals surface area (Å²) in [5.74, 6) is 0.253. The number of benzene rings is 1. The molecule has 3 rings (SSSR count).